The third kappa shape index (κ3) is 2.93. The number of rotatable bonds is 3. The first-order chi connectivity index (χ1) is 8.94. The minimum atomic E-state index is -0.585. The van der Waals surface area contributed by atoms with Gasteiger partial charge < -0.3 is 10.2 Å². The maximum Gasteiger partial charge on any atom is 0.248 e. The fourth-order valence-corrected chi connectivity index (χ4v) is 3.26. The number of hydrogen-bond acceptors (Lipinski definition) is 2. The summed E-state index contributed by atoms with van der Waals surface area (Å²) in [7, 11) is 0. The molecule has 0 radical (unpaired) electrons. The van der Waals surface area contributed by atoms with Crippen molar-refractivity contribution in [3.05, 3.63) is 0 Å². The highest BCUT2D eigenvalue weighted by molar-refractivity contribution is 5.94. The largest absolute Gasteiger partial charge is 0.342 e. The Labute approximate surface area is 115 Å². The lowest BCUT2D eigenvalue weighted by Gasteiger charge is -2.34. The van der Waals surface area contributed by atoms with Crippen LogP contribution in [0.3, 0.4) is 0 Å². The lowest BCUT2D eigenvalue weighted by atomic mass is 9.95. The van der Waals surface area contributed by atoms with Gasteiger partial charge in [-0.1, -0.05) is 26.7 Å². The molecular weight excluding hydrogens is 240 g/mol. The summed E-state index contributed by atoms with van der Waals surface area (Å²) < 4.78 is 0. The molecule has 1 atom stereocenters. The van der Waals surface area contributed by atoms with Crippen LogP contribution in [0.15, 0.2) is 0 Å². The van der Waals surface area contributed by atoms with Gasteiger partial charge in [0.15, 0.2) is 0 Å². The van der Waals surface area contributed by atoms with E-state index in [1.807, 2.05) is 11.8 Å². The summed E-state index contributed by atoms with van der Waals surface area (Å²) >= 11 is 0. The van der Waals surface area contributed by atoms with Gasteiger partial charge in [0, 0.05) is 19.0 Å². The summed E-state index contributed by atoms with van der Waals surface area (Å²) in [6, 6.07) is 0.0197. The smallest absolute Gasteiger partial charge is 0.248 e. The second-order valence-electron chi connectivity index (χ2n) is 6.57. The molecule has 0 aromatic rings. The fourth-order valence-electron chi connectivity index (χ4n) is 3.26. The Bertz CT molecular complexity index is 359. The summed E-state index contributed by atoms with van der Waals surface area (Å²) in [6.07, 6.45) is 5.13. The van der Waals surface area contributed by atoms with E-state index in [9.17, 15) is 9.59 Å². The Hall–Kier alpha value is -1.06. The van der Waals surface area contributed by atoms with Crippen molar-refractivity contribution in [1.82, 2.24) is 10.2 Å². The minimum Gasteiger partial charge on any atom is -0.342 e. The molecule has 0 bridgehead atoms. The second-order valence-corrected chi connectivity index (χ2v) is 6.57. The first kappa shape index (κ1) is 14.4. The van der Waals surface area contributed by atoms with Gasteiger partial charge in [-0.3, -0.25) is 9.59 Å². The number of nitrogens with zero attached hydrogens (tertiary/aromatic N) is 1. The molecule has 19 heavy (non-hydrogen) atoms. The van der Waals surface area contributed by atoms with Crippen molar-refractivity contribution >= 4 is 11.8 Å². The van der Waals surface area contributed by atoms with Gasteiger partial charge in [0.2, 0.25) is 11.8 Å². The monoisotopic (exact) mass is 266 g/mol. The number of carbonyl (C=O) groups excluding carboxylic acids is 2. The standard InChI is InChI=1S/C15H26N2O2/c1-11(2)6-9-17-12(3)10-13(18)16-15(14(17)19)7-4-5-8-15/h11-12H,4-10H2,1-3H3,(H,16,18). The topological polar surface area (TPSA) is 49.4 Å². The summed E-state index contributed by atoms with van der Waals surface area (Å²) in [4.78, 5) is 26.8. The van der Waals surface area contributed by atoms with Crippen LogP contribution in [0, 0.1) is 5.92 Å². The van der Waals surface area contributed by atoms with Crippen molar-refractivity contribution in [2.75, 3.05) is 6.54 Å². The molecule has 2 amide bonds. The zero-order chi connectivity index (χ0) is 14.0. The van der Waals surface area contributed by atoms with Gasteiger partial charge in [-0.05, 0) is 32.1 Å². The van der Waals surface area contributed by atoms with Crippen molar-refractivity contribution in [2.24, 2.45) is 5.92 Å². The summed E-state index contributed by atoms with van der Waals surface area (Å²) in [5, 5.41) is 3.02. The molecule has 1 N–H and O–H groups in total. The van der Waals surface area contributed by atoms with Crippen molar-refractivity contribution < 1.29 is 9.59 Å². The molecule has 1 aliphatic carbocycles. The molecule has 1 aliphatic heterocycles. The predicted octanol–water partition coefficient (Wildman–Crippen LogP) is 2.08. The maximum atomic E-state index is 12.8. The summed E-state index contributed by atoms with van der Waals surface area (Å²) in [6.45, 7) is 7.10. The number of amides is 2. The Kier molecular flexibility index (Phi) is 4.16. The van der Waals surface area contributed by atoms with E-state index in [1.54, 1.807) is 0 Å². The second kappa shape index (κ2) is 5.51. The zero-order valence-corrected chi connectivity index (χ0v) is 12.4. The highest BCUT2D eigenvalue weighted by Crippen LogP contribution is 2.34. The molecular formula is C15H26N2O2. The van der Waals surface area contributed by atoms with Crippen LogP contribution in [-0.2, 0) is 9.59 Å². The molecule has 1 spiro atoms. The van der Waals surface area contributed by atoms with Gasteiger partial charge in [0.25, 0.3) is 0 Å². The van der Waals surface area contributed by atoms with Crippen LogP contribution in [0.1, 0.15) is 59.3 Å². The Morgan fingerprint density at radius 1 is 1.32 bits per heavy atom. The molecule has 1 heterocycles. The van der Waals surface area contributed by atoms with Crippen molar-refractivity contribution in [3.63, 3.8) is 0 Å². The normalized spacial score (nSPS) is 26.9. The van der Waals surface area contributed by atoms with Crippen LogP contribution < -0.4 is 5.32 Å². The van der Waals surface area contributed by atoms with Gasteiger partial charge >= 0.3 is 0 Å². The molecule has 4 heteroatoms. The maximum absolute atomic E-state index is 12.8. The van der Waals surface area contributed by atoms with Crippen LogP contribution in [0.4, 0.5) is 0 Å². The molecule has 1 unspecified atom stereocenters. The summed E-state index contributed by atoms with van der Waals surface area (Å²) in [5.41, 5.74) is -0.585. The average Bonchev–Trinajstić information content (AvgIpc) is 2.74. The third-order valence-electron chi connectivity index (χ3n) is 4.47. The van der Waals surface area contributed by atoms with E-state index >= 15 is 0 Å². The van der Waals surface area contributed by atoms with Crippen molar-refractivity contribution in [1.29, 1.82) is 0 Å². The number of hydrogen-bond donors (Lipinski definition) is 1. The Morgan fingerprint density at radius 2 is 1.95 bits per heavy atom. The van der Waals surface area contributed by atoms with Crippen LogP contribution >= 0.6 is 0 Å². The molecule has 108 valence electrons. The third-order valence-corrected chi connectivity index (χ3v) is 4.47. The highest BCUT2D eigenvalue weighted by Gasteiger charge is 2.47. The van der Waals surface area contributed by atoms with Crippen LogP contribution in [0.2, 0.25) is 0 Å². The van der Waals surface area contributed by atoms with E-state index in [1.165, 1.54) is 0 Å². The average molecular weight is 266 g/mol. The molecule has 2 rings (SSSR count). The lowest BCUT2D eigenvalue weighted by Crippen LogP contribution is -2.56. The van der Waals surface area contributed by atoms with E-state index in [4.69, 9.17) is 0 Å². The van der Waals surface area contributed by atoms with Gasteiger partial charge in [-0.25, -0.2) is 0 Å². The number of carbonyl (C=O) groups is 2. The van der Waals surface area contributed by atoms with Crippen molar-refractivity contribution in [3.8, 4) is 0 Å². The van der Waals surface area contributed by atoms with E-state index in [0.29, 0.717) is 12.3 Å². The van der Waals surface area contributed by atoms with Crippen LogP contribution in [-0.4, -0.2) is 34.8 Å². The van der Waals surface area contributed by atoms with E-state index in [0.717, 1.165) is 38.6 Å². The lowest BCUT2D eigenvalue weighted by molar-refractivity contribution is -0.140. The molecule has 1 saturated heterocycles. The highest BCUT2D eigenvalue weighted by atomic mass is 16.2. The first-order valence-electron chi connectivity index (χ1n) is 7.57. The van der Waals surface area contributed by atoms with Gasteiger partial charge in [-0.2, -0.15) is 0 Å². The summed E-state index contributed by atoms with van der Waals surface area (Å²) in [5.74, 6) is 0.769. The quantitative estimate of drug-likeness (QED) is 0.850. The molecule has 0 aromatic heterocycles. The molecule has 4 nitrogen and oxygen atoms in total. The molecule has 2 aliphatic rings. The van der Waals surface area contributed by atoms with Crippen molar-refractivity contribution in [2.45, 2.75) is 70.9 Å². The Morgan fingerprint density at radius 3 is 2.53 bits per heavy atom. The van der Waals surface area contributed by atoms with Gasteiger partial charge in [0.1, 0.15) is 5.54 Å². The first-order valence-corrected chi connectivity index (χ1v) is 7.57. The minimum absolute atomic E-state index is 0.0197. The molecule has 2 fully saturated rings. The van der Waals surface area contributed by atoms with E-state index in [2.05, 4.69) is 19.2 Å². The van der Waals surface area contributed by atoms with E-state index in [-0.39, 0.29) is 17.9 Å². The number of nitrogens with one attached hydrogen (secondary N) is 1. The molecule has 0 aromatic carbocycles. The fraction of sp³-hybridized carbons (Fsp3) is 0.867. The SMILES string of the molecule is CC(C)CCN1C(=O)C2(CCCC2)NC(=O)CC1C. The zero-order valence-electron chi connectivity index (χ0n) is 12.4. The Balaban J connectivity index is 2.19. The predicted molar refractivity (Wildman–Crippen MR) is 74.6 cm³/mol. The van der Waals surface area contributed by atoms with E-state index < -0.39 is 5.54 Å². The van der Waals surface area contributed by atoms with Gasteiger partial charge in [0.05, 0.1) is 0 Å². The van der Waals surface area contributed by atoms with Crippen LogP contribution in [0.5, 0.6) is 0 Å². The molecule has 1 saturated carbocycles. The van der Waals surface area contributed by atoms with Crippen LogP contribution in [0.25, 0.3) is 0 Å². The van der Waals surface area contributed by atoms with Gasteiger partial charge in [-0.15, -0.1) is 0 Å².